The molecule has 2 aromatic rings. The van der Waals surface area contributed by atoms with Gasteiger partial charge in [0.05, 0.1) is 18.3 Å². The lowest BCUT2D eigenvalue weighted by Gasteiger charge is -2.21. The molecule has 1 fully saturated rings. The molecule has 2 unspecified atom stereocenters. The highest BCUT2D eigenvalue weighted by Crippen LogP contribution is 2.23. The Labute approximate surface area is 130 Å². The maximum absolute atomic E-state index is 12.5. The highest BCUT2D eigenvalue weighted by molar-refractivity contribution is 5.79. The fourth-order valence-corrected chi connectivity index (χ4v) is 3.11. The summed E-state index contributed by atoms with van der Waals surface area (Å²) in [6, 6.07) is 10.2. The molecule has 0 spiro atoms. The van der Waals surface area contributed by atoms with Crippen molar-refractivity contribution in [1.29, 1.82) is 0 Å². The molecular weight excluding hydrogens is 276 g/mol. The molecule has 0 aliphatic carbocycles. The molecule has 1 aliphatic rings. The molecular formula is C17H22N4O. The van der Waals surface area contributed by atoms with Crippen molar-refractivity contribution in [2.24, 2.45) is 11.7 Å². The van der Waals surface area contributed by atoms with Gasteiger partial charge in [0.1, 0.15) is 0 Å². The van der Waals surface area contributed by atoms with E-state index in [4.69, 9.17) is 5.73 Å². The lowest BCUT2D eigenvalue weighted by atomic mass is 10.1. The molecule has 1 aliphatic heterocycles. The normalized spacial score (nSPS) is 21.3. The zero-order valence-corrected chi connectivity index (χ0v) is 12.9. The maximum Gasteiger partial charge on any atom is 0.227 e. The van der Waals surface area contributed by atoms with Crippen LogP contribution in [0.4, 0.5) is 0 Å². The lowest BCUT2D eigenvalue weighted by Crippen LogP contribution is -2.35. The fourth-order valence-electron chi connectivity index (χ4n) is 3.11. The van der Waals surface area contributed by atoms with Crippen LogP contribution in [0.2, 0.25) is 0 Å². The zero-order valence-electron chi connectivity index (χ0n) is 12.9. The Morgan fingerprint density at radius 3 is 2.82 bits per heavy atom. The van der Waals surface area contributed by atoms with Crippen molar-refractivity contribution in [3.8, 4) is 5.69 Å². The van der Waals surface area contributed by atoms with E-state index >= 15 is 0 Å². The van der Waals surface area contributed by atoms with E-state index in [1.165, 1.54) is 0 Å². The van der Waals surface area contributed by atoms with Gasteiger partial charge in [-0.25, -0.2) is 4.68 Å². The van der Waals surface area contributed by atoms with Crippen LogP contribution in [0.15, 0.2) is 42.7 Å². The molecule has 1 amide bonds. The third kappa shape index (κ3) is 3.04. The predicted molar refractivity (Wildman–Crippen MR) is 85.6 cm³/mol. The van der Waals surface area contributed by atoms with Crippen molar-refractivity contribution in [3.63, 3.8) is 0 Å². The number of likely N-dealkylation sites (tertiary alicyclic amines) is 1. The minimum atomic E-state index is 0.163. The Kier molecular flexibility index (Phi) is 4.24. The van der Waals surface area contributed by atoms with Gasteiger partial charge in [-0.2, -0.15) is 5.10 Å². The summed E-state index contributed by atoms with van der Waals surface area (Å²) < 4.78 is 1.80. The second kappa shape index (κ2) is 6.32. The van der Waals surface area contributed by atoms with Gasteiger partial charge in [0.25, 0.3) is 0 Å². The summed E-state index contributed by atoms with van der Waals surface area (Å²) in [5.41, 5.74) is 7.67. The molecule has 116 valence electrons. The van der Waals surface area contributed by atoms with Crippen molar-refractivity contribution in [3.05, 3.63) is 48.3 Å². The van der Waals surface area contributed by atoms with Crippen molar-refractivity contribution in [2.45, 2.75) is 25.8 Å². The van der Waals surface area contributed by atoms with Gasteiger partial charge in [0.15, 0.2) is 0 Å². The third-order valence-corrected chi connectivity index (χ3v) is 4.33. The standard InChI is InChI=1S/C17H22N4O/c1-13-7-14(9-18)11-20(13)17(22)8-15-10-19-21(12-15)16-5-3-2-4-6-16/h2-6,10,12-14H,7-9,11,18H2,1H3. The van der Waals surface area contributed by atoms with Gasteiger partial charge in [-0.15, -0.1) is 0 Å². The van der Waals surface area contributed by atoms with E-state index in [1.54, 1.807) is 10.9 Å². The Balaban J connectivity index is 1.67. The summed E-state index contributed by atoms with van der Waals surface area (Å²) in [6.07, 6.45) is 5.10. The Morgan fingerprint density at radius 2 is 2.14 bits per heavy atom. The SMILES string of the molecule is CC1CC(CN)CN1C(=O)Cc1cnn(-c2ccccc2)c1. The Hall–Kier alpha value is -2.14. The van der Waals surface area contributed by atoms with Gasteiger partial charge in [0, 0.05) is 18.8 Å². The number of nitrogens with two attached hydrogens (primary N) is 1. The minimum Gasteiger partial charge on any atom is -0.339 e. The van der Waals surface area contributed by atoms with E-state index in [2.05, 4.69) is 12.0 Å². The second-order valence-corrected chi connectivity index (χ2v) is 6.04. The number of carbonyl (C=O) groups is 1. The molecule has 2 heterocycles. The monoisotopic (exact) mass is 298 g/mol. The number of hydrogen-bond acceptors (Lipinski definition) is 3. The van der Waals surface area contributed by atoms with Gasteiger partial charge in [-0.1, -0.05) is 18.2 Å². The molecule has 1 aromatic heterocycles. The van der Waals surface area contributed by atoms with Crippen LogP contribution in [-0.4, -0.2) is 39.7 Å². The van der Waals surface area contributed by atoms with Crippen molar-refractivity contribution >= 4 is 5.91 Å². The number of benzene rings is 1. The van der Waals surface area contributed by atoms with Crippen LogP contribution in [0.3, 0.4) is 0 Å². The number of carbonyl (C=O) groups excluding carboxylic acids is 1. The number of amides is 1. The third-order valence-electron chi connectivity index (χ3n) is 4.33. The first-order chi connectivity index (χ1) is 10.7. The molecule has 5 nitrogen and oxygen atoms in total. The molecule has 3 rings (SSSR count). The van der Waals surface area contributed by atoms with Crippen LogP contribution in [0, 0.1) is 5.92 Å². The number of aromatic nitrogens is 2. The molecule has 0 saturated carbocycles. The van der Waals surface area contributed by atoms with Gasteiger partial charge >= 0.3 is 0 Å². The molecule has 2 N–H and O–H groups in total. The average Bonchev–Trinajstić information content (AvgIpc) is 3.14. The van der Waals surface area contributed by atoms with E-state index in [0.717, 1.165) is 24.2 Å². The quantitative estimate of drug-likeness (QED) is 0.932. The predicted octanol–water partition coefficient (Wildman–Crippen LogP) is 1.61. The largest absolute Gasteiger partial charge is 0.339 e. The van der Waals surface area contributed by atoms with E-state index in [0.29, 0.717) is 18.9 Å². The fraction of sp³-hybridized carbons (Fsp3) is 0.412. The minimum absolute atomic E-state index is 0.163. The molecule has 2 atom stereocenters. The Morgan fingerprint density at radius 1 is 1.36 bits per heavy atom. The van der Waals surface area contributed by atoms with Crippen LogP contribution in [0.1, 0.15) is 18.9 Å². The summed E-state index contributed by atoms with van der Waals surface area (Å²) >= 11 is 0. The molecule has 22 heavy (non-hydrogen) atoms. The molecule has 1 saturated heterocycles. The van der Waals surface area contributed by atoms with Crippen LogP contribution in [-0.2, 0) is 11.2 Å². The smallest absolute Gasteiger partial charge is 0.227 e. The molecule has 5 heteroatoms. The summed E-state index contributed by atoms with van der Waals surface area (Å²) in [6.45, 7) is 3.53. The van der Waals surface area contributed by atoms with Crippen molar-refractivity contribution in [2.75, 3.05) is 13.1 Å². The first kappa shape index (κ1) is 14.8. The van der Waals surface area contributed by atoms with Crippen molar-refractivity contribution in [1.82, 2.24) is 14.7 Å². The highest BCUT2D eigenvalue weighted by Gasteiger charge is 2.31. The lowest BCUT2D eigenvalue weighted by molar-refractivity contribution is -0.131. The number of rotatable bonds is 4. The van der Waals surface area contributed by atoms with E-state index in [9.17, 15) is 4.79 Å². The molecule has 1 aromatic carbocycles. The second-order valence-electron chi connectivity index (χ2n) is 6.04. The summed E-state index contributed by atoms with van der Waals surface area (Å²) in [4.78, 5) is 14.4. The number of nitrogens with zero attached hydrogens (tertiary/aromatic N) is 3. The summed E-state index contributed by atoms with van der Waals surface area (Å²) in [5.74, 6) is 0.599. The van der Waals surface area contributed by atoms with E-state index in [-0.39, 0.29) is 11.9 Å². The van der Waals surface area contributed by atoms with Gasteiger partial charge in [-0.3, -0.25) is 4.79 Å². The summed E-state index contributed by atoms with van der Waals surface area (Å²) in [7, 11) is 0. The van der Waals surface area contributed by atoms with Gasteiger partial charge in [-0.05, 0) is 43.5 Å². The summed E-state index contributed by atoms with van der Waals surface area (Å²) in [5, 5.41) is 4.34. The van der Waals surface area contributed by atoms with E-state index in [1.807, 2.05) is 41.4 Å². The van der Waals surface area contributed by atoms with Crippen LogP contribution in [0.25, 0.3) is 5.69 Å². The van der Waals surface area contributed by atoms with E-state index < -0.39 is 0 Å². The number of para-hydroxylation sites is 1. The highest BCUT2D eigenvalue weighted by atomic mass is 16.2. The topological polar surface area (TPSA) is 64.2 Å². The molecule has 0 radical (unpaired) electrons. The first-order valence-electron chi connectivity index (χ1n) is 7.76. The van der Waals surface area contributed by atoms with Crippen LogP contribution < -0.4 is 5.73 Å². The van der Waals surface area contributed by atoms with Crippen LogP contribution >= 0.6 is 0 Å². The van der Waals surface area contributed by atoms with Crippen LogP contribution in [0.5, 0.6) is 0 Å². The van der Waals surface area contributed by atoms with Gasteiger partial charge in [0.2, 0.25) is 5.91 Å². The maximum atomic E-state index is 12.5. The van der Waals surface area contributed by atoms with Gasteiger partial charge < -0.3 is 10.6 Å². The van der Waals surface area contributed by atoms with Crippen molar-refractivity contribution < 1.29 is 4.79 Å². The average molecular weight is 298 g/mol. The molecule has 0 bridgehead atoms. The zero-order chi connectivity index (χ0) is 15.5. The first-order valence-corrected chi connectivity index (χ1v) is 7.76. The number of hydrogen-bond donors (Lipinski definition) is 1. The Bertz CT molecular complexity index is 637.